The Kier molecular flexibility index (Phi) is 14.9. The van der Waals surface area contributed by atoms with Crippen molar-refractivity contribution in [2.75, 3.05) is 18.2 Å². The molecule has 2 aromatic carbocycles. The molecule has 246 valence electrons. The summed E-state index contributed by atoms with van der Waals surface area (Å²) in [4.78, 5) is 50.5. The molecule has 0 saturated carbocycles. The Labute approximate surface area is 324 Å². The van der Waals surface area contributed by atoms with Crippen molar-refractivity contribution in [1.82, 2.24) is 9.78 Å². The molecule has 20 heteroatoms. The van der Waals surface area contributed by atoms with Crippen LogP contribution in [0, 0.1) is 0 Å². The predicted molar refractivity (Wildman–Crippen MR) is 163 cm³/mol. The molecule has 3 aromatic rings. The zero-order valence-electron chi connectivity index (χ0n) is 26.5. The van der Waals surface area contributed by atoms with Crippen LogP contribution in [0.4, 0.5) is 5.69 Å². The van der Waals surface area contributed by atoms with E-state index in [1.54, 1.807) is 13.8 Å². The number of aromatic amines is 1. The van der Waals surface area contributed by atoms with Gasteiger partial charge in [0, 0.05) is 0 Å². The van der Waals surface area contributed by atoms with E-state index in [4.69, 9.17) is 9.47 Å². The summed E-state index contributed by atoms with van der Waals surface area (Å²) < 4.78 is 78.5. The first-order valence-corrected chi connectivity index (χ1v) is 16.3. The number of H-pyrrole nitrogens is 1. The van der Waals surface area contributed by atoms with E-state index in [0.717, 1.165) is 34.0 Å². The molecule has 4 rings (SSSR count). The first-order chi connectivity index (χ1) is 22.2. The van der Waals surface area contributed by atoms with Crippen LogP contribution in [0.3, 0.4) is 0 Å². The van der Waals surface area contributed by atoms with Crippen LogP contribution in [0.2, 0.25) is 0 Å². The number of rotatable bonds is 11. The molecule has 2 heterocycles. The summed E-state index contributed by atoms with van der Waals surface area (Å²) in [6.07, 6.45) is 6.57. The Morgan fingerprint density at radius 2 is 1.31 bits per heavy atom. The normalized spacial score (nSPS) is 14.1. The molecular formula is C29H24N4Na2O12S2. The number of amides is 1. The minimum Gasteiger partial charge on any atom is -0.744 e. The number of carbonyl (C=O) groups is 3. The predicted octanol–water partition coefficient (Wildman–Crippen LogP) is -4.38. The third-order valence-electron chi connectivity index (χ3n) is 6.25. The fourth-order valence-electron chi connectivity index (χ4n) is 4.12. The topological polar surface area (TPSA) is 237 Å². The zero-order chi connectivity index (χ0) is 34.5. The Bertz CT molecular complexity index is 2130. The number of benzene rings is 2. The number of nitrogens with one attached hydrogen (secondary N) is 1. The summed E-state index contributed by atoms with van der Waals surface area (Å²) in [5.74, 6) is -2.54. The molecule has 0 saturated heterocycles. The van der Waals surface area contributed by atoms with Crippen molar-refractivity contribution in [2.45, 2.75) is 23.6 Å². The van der Waals surface area contributed by atoms with Crippen LogP contribution < -0.4 is 69.7 Å². The number of allylic oxidation sites excluding steroid dienone is 4. The number of hydrazone groups is 1. The van der Waals surface area contributed by atoms with Crippen LogP contribution in [0.25, 0.3) is 11.8 Å². The summed E-state index contributed by atoms with van der Waals surface area (Å²) in [7, 11) is -9.47. The van der Waals surface area contributed by atoms with Crippen LogP contribution in [0.5, 0.6) is 0 Å². The quantitative estimate of drug-likeness (QED) is 0.0648. The van der Waals surface area contributed by atoms with E-state index in [0.29, 0.717) is 0 Å². The van der Waals surface area contributed by atoms with Gasteiger partial charge in [-0.05, 0) is 74.5 Å². The fraction of sp³-hybridized carbons (Fsp3) is 0.138. The molecule has 1 aliphatic heterocycles. The van der Waals surface area contributed by atoms with Gasteiger partial charge in [-0.1, -0.05) is 18.2 Å². The van der Waals surface area contributed by atoms with Crippen molar-refractivity contribution in [1.29, 1.82) is 0 Å². The third kappa shape index (κ3) is 9.85. The van der Waals surface area contributed by atoms with Crippen molar-refractivity contribution in [3.05, 3.63) is 100 Å². The Morgan fingerprint density at radius 3 is 1.82 bits per heavy atom. The maximum Gasteiger partial charge on any atom is 1.00 e. The molecule has 1 N–H and O–H groups in total. The minimum atomic E-state index is -4.74. The zero-order valence-corrected chi connectivity index (χ0v) is 32.1. The van der Waals surface area contributed by atoms with Gasteiger partial charge in [-0.2, -0.15) is 10.1 Å². The van der Waals surface area contributed by atoms with Crippen LogP contribution >= 0.6 is 0 Å². The maximum atomic E-state index is 13.2. The summed E-state index contributed by atoms with van der Waals surface area (Å²) >= 11 is 0. The van der Waals surface area contributed by atoms with E-state index < -0.39 is 53.4 Å². The van der Waals surface area contributed by atoms with Gasteiger partial charge in [0.25, 0.3) is 11.5 Å². The smallest absolute Gasteiger partial charge is 0.744 e. The van der Waals surface area contributed by atoms with Gasteiger partial charge in [-0.25, -0.2) is 31.1 Å². The number of hydrogen-bond donors (Lipinski definition) is 1. The molecular weight excluding hydrogens is 706 g/mol. The summed E-state index contributed by atoms with van der Waals surface area (Å²) in [5.41, 5.74) is -1.43. The third-order valence-corrected chi connectivity index (χ3v) is 7.95. The molecule has 1 aromatic heterocycles. The molecule has 0 unspecified atom stereocenters. The van der Waals surface area contributed by atoms with Gasteiger partial charge >= 0.3 is 71.1 Å². The van der Waals surface area contributed by atoms with Crippen LogP contribution in [-0.4, -0.2) is 72.5 Å². The van der Waals surface area contributed by atoms with Crippen molar-refractivity contribution in [3.8, 4) is 5.69 Å². The average molecular weight is 731 g/mol. The number of ether oxygens (including phenoxy) is 2. The molecule has 1 aliphatic rings. The number of anilines is 1. The number of esters is 2. The summed E-state index contributed by atoms with van der Waals surface area (Å²) in [5, 5.41) is 7.45. The van der Waals surface area contributed by atoms with E-state index >= 15 is 0 Å². The monoisotopic (exact) mass is 730 g/mol. The van der Waals surface area contributed by atoms with Crippen molar-refractivity contribution in [2.24, 2.45) is 5.10 Å². The molecule has 0 fully saturated rings. The number of aromatic nitrogens is 2. The van der Waals surface area contributed by atoms with E-state index in [9.17, 15) is 45.1 Å². The Hall–Kier alpha value is -3.43. The average Bonchev–Trinajstić information content (AvgIpc) is 3.52. The van der Waals surface area contributed by atoms with Crippen LogP contribution in [0.1, 0.15) is 29.9 Å². The van der Waals surface area contributed by atoms with E-state index in [1.165, 1.54) is 54.6 Å². The second-order valence-corrected chi connectivity index (χ2v) is 12.0. The van der Waals surface area contributed by atoms with Crippen molar-refractivity contribution < 1.29 is 109 Å². The van der Waals surface area contributed by atoms with Crippen molar-refractivity contribution in [3.63, 3.8) is 0 Å². The maximum absolute atomic E-state index is 13.2. The molecule has 49 heavy (non-hydrogen) atoms. The number of carbonyl (C=O) groups excluding carboxylic acids is 3. The fourth-order valence-corrected chi connectivity index (χ4v) is 5.06. The van der Waals surface area contributed by atoms with Crippen LogP contribution in [-0.2, 0) is 39.3 Å². The Balaban J connectivity index is 0.00000417. The largest absolute Gasteiger partial charge is 1.00 e. The standard InChI is InChI=1S/C29H26N4O12S2.2Na/c1-3-44-28(36)24-22(26(34)32(30-24)18-10-14-20(15-11-18)46(38,39)40)8-6-5-7-9-23-25(29(37)45-4-2)31-33(27(23)35)19-12-16-21(17-13-19)47(41,42)43;;/h5-17,30H,3-4H2,1-2H3,(H,38,39,40)(H,41,42,43);;/q;2*+1/p-2/b7-5+,8-6-,23-9+;;. The van der Waals surface area contributed by atoms with Crippen LogP contribution in [0.15, 0.2) is 98.1 Å². The van der Waals surface area contributed by atoms with Crippen molar-refractivity contribution >= 4 is 55.6 Å². The van der Waals surface area contributed by atoms with Gasteiger partial charge in [0.1, 0.15) is 20.2 Å². The van der Waals surface area contributed by atoms with Gasteiger partial charge in [-0.15, -0.1) is 0 Å². The number of hydrogen-bond acceptors (Lipinski definition) is 13. The van der Waals surface area contributed by atoms with Gasteiger partial charge < -0.3 is 18.6 Å². The summed E-state index contributed by atoms with van der Waals surface area (Å²) in [6, 6.07) is 8.72. The number of nitrogens with zero attached hydrogens (tertiary/aromatic N) is 3. The molecule has 0 bridgehead atoms. The van der Waals surface area contributed by atoms with Gasteiger partial charge in [0.2, 0.25) is 0 Å². The van der Waals surface area contributed by atoms with E-state index in [2.05, 4.69) is 10.2 Å². The molecule has 16 nitrogen and oxygen atoms in total. The molecule has 0 spiro atoms. The SMILES string of the molecule is CCOC(=O)C1=NN(c2ccc(S(=O)(=O)[O-])cc2)C(=O)/C1=C/C=C/C=C\c1c(C(=O)OCC)[nH]n(-c2ccc(S(=O)(=O)[O-])cc2)c1=O.[Na+].[Na+]. The first-order valence-electron chi connectivity index (χ1n) is 13.5. The van der Waals surface area contributed by atoms with Gasteiger partial charge in [0.05, 0.1) is 45.5 Å². The minimum absolute atomic E-state index is 0. The second-order valence-electron chi connectivity index (χ2n) is 9.27. The molecule has 0 aliphatic carbocycles. The van der Waals surface area contributed by atoms with E-state index in [1.807, 2.05) is 0 Å². The molecule has 0 atom stereocenters. The first kappa shape index (κ1) is 41.7. The second kappa shape index (κ2) is 17.5. The van der Waals surface area contributed by atoms with Gasteiger partial charge in [-0.3, -0.25) is 14.7 Å². The molecule has 0 radical (unpaired) electrons. The molecule has 1 amide bonds. The Morgan fingerprint density at radius 1 is 0.796 bits per heavy atom. The van der Waals surface area contributed by atoms with E-state index in [-0.39, 0.29) is 106 Å². The summed E-state index contributed by atoms with van der Waals surface area (Å²) in [6.45, 7) is 3.09. The van der Waals surface area contributed by atoms with Gasteiger partial charge in [0.15, 0.2) is 11.4 Å².